The molecule has 4 rings (SSSR count). The molecule has 2 heterocycles. The summed E-state index contributed by atoms with van der Waals surface area (Å²) in [4.78, 5) is 18.1. The van der Waals surface area contributed by atoms with Gasteiger partial charge in [-0.3, -0.25) is 9.69 Å². The second-order valence-electron chi connectivity index (χ2n) is 5.88. The van der Waals surface area contributed by atoms with Gasteiger partial charge >= 0.3 is 0 Å². The van der Waals surface area contributed by atoms with Crippen LogP contribution in [0.15, 0.2) is 40.9 Å². The fourth-order valence-corrected chi connectivity index (χ4v) is 2.81. The van der Waals surface area contributed by atoms with Gasteiger partial charge in [-0.05, 0) is 42.8 Å². The molecule has 0 saturated carbocycles. The van der Waals surface area contributed by atoms with E-state index in [0.29, 0.717) is 17.0 Å². The first-order chi connectivity index (χ1) is 12.5. The summed E-state index contributed by atoms with van der Waals surface area (Å²) in [7, 11) is 0. The van der Waals surface area contributed by atoms with Gasteiger partial charge in [-0.2, -0.15) is 4.98 Å². The van der Waals surface area contributed by atoms with Crippen molar-refractivity contribution in [2.45, 2.75) is 13.5 Å². The molecule has 1 aliphatic heterocycles. The molecule has 0 fully saturated rings. The van der Waals surface area contributed by atoms with Crippen molar-refractivity contribution in [2.75, 3.05) is 11.5 Å². The molecule has 1 aliphatic rings. The van der Waals surface area contributed by atoms with Crippen molar-refractivity contribution < 1.29 is 18.4 Å². The monoisotopic (exact) mass is 373 g/mol. The minimum atomic E-state index is -0.566. The number of anilines is 1. The summed E-state index contributed by atoms with van der Waals surface area (Å²) in [6.45, 7) is 1.97. The highest BCUT2D eigenvalue weighted by Crippen LogP contribution is 2.34. The highest BCUT2D eigenvalue weighted by molar-refractivity contribution is 6.30. The number of amides is 1. The first-order valence-corrected chi connectivity index (χ1v) is 8.21. The van der Waals surface area contributed by atoms with Crippen LogP contribution in [0.5, 0.6) is 5.75 Å². The van der Waals surface area contributed by atoms with Gasteiger partial charge in [0.05, 0.1) is 10.7 Å². The maximum atomic E-state index is 13.6. The second kappa shape index (κ2) is 6.42. The number of halogens is 2. The second-order valence-corrected chi connectivity index (χ2v) is 6.29. The minimum Gasteiger partial charge on any atom is -0.482 e. The van der Waals surface area contributed by atoms with E-state index >= 15 is 0 Å². The number of nitrogens with zero attached hydrogens (tertiary/aromatic N) is 3. The predicted octanol–water partition coefficient (Wildman–Crippen LogP) is 3.76. The summed E-state index contributed by atoms with van der Waals surface area (Å²) in [6, 6.07) is 9.84. The molecule has 6 nitrogen and oxygen atoms in total. The van der Waals surface area contributed by atoms with Crippen molar-refractivity contribution in [1.29, 1.82) is 0 Å². The average Bonchev–Trinajstić information content (AvgIpc) is 3.09. The first-order valence-electron chi connectivity index (χ1n) is 7.83. The van der Waals surface area contributed by atoms with Gasteiger partial charge in [-0.15, -0.1) is 0 Å². The first kappa shape index (κ1) is 16.5. The Bertz CT molecular complexity index is 1010. The number of carbonyl (C=O) groups excluding carboxylic acids is 1. The smallest absolute Gasteiger partial charge is 0.265 e. The van der Waals surface area contributed by atoms with Gasteiger partial charge < -0.3 is 9.26 Å². The summed E-state index contributed by atoms with van der Waals surface area (Å²) < 4.78 is 24.3. The highest BCUT2D eigenvalue weighted by Gasteiger charge is 2.27. The Labute approximate surface area is 153 Å². The molecule has 3 aromatic rings. The SMILES string of the molecule is Cc1ccc2c(c1)N(Cc1nc(-c3ccc(Cl)c(F)c3)no1)C(=O)CO2. The van der Waals surface area contributed by atoms with Crippen molar-refractivity contribution in [2.24, 2.45) is 0 Å². The molecule has 0 radical (unpaired) electrons. The lowest BCUT2D eigenvalue weighted by Crippen LogP contribution is -2.38. The lowest BCUT2D eigenvalue weighted by atomic mass is 10.1. The number of hydrogen-bond acceptors (Lipinski definition) is 5. The Morgan fingerprint density at radius 2 is 2.12 bits per heavy atom. The molecule has 0 saturated heterocycles. The number of fused-ring (bicyclic) bond motifs is 1. The predicted molar refractivity (Wildman–Crippen MR) is 92.6 cm³/mol. The number of ether oxygens (including phenoxy) is 1. The van der Waals surface area contributed by atoms with E-state index in [9.17, 15) is 9.18 Å². The molecule has 132 valence electrons. The minimum absolute atomic E-state index is 0.0170. The van der Waals surface area contributed by atoms with Crippen LogP contribution < -0.4 is 9.64 Å². The van der Waals surface area contributed by atoms with Crippen molar-refractivity contribution in [3.63, 3.8) is 0 Å². The van der Waals surface area contributed by atoms with Gasteiger partial charge in [-0.1, -0.05) is 22.8 Å². The molecule has 1 amide bonds. The number of hydrogen-bond donors (Lipinski definition) is 0. The molecular formula is C18H13ClFN3O3. The Balaban J connectivity index is 1.62. The van der Waals surface area contributed by atoms with Crippen LogP contribution >= 0.6 is 11.6 Å². The normalized spacial score (nSPS) is 13.5. The standard InChI is InChI=1S/C18H13ClFN3O3/c1-10-2-5-15-14(6-10)23(17(24)9-25-15)8-16-21-18(22-26-16)11-3-4-12(19)13(20)7-11/h2-7H,8-9H2,1H3. The Morgan fingerprint density at radius 3 is 2.92 bits per heavy atom. The van der Waals surface area contributed by atoms with Crippen molar-refractivity contribution >= 4 is 23.2 Å². The van der Waals surface area contributed by atoms with Gasteiger partial charge in [0.15, 0.2) is 6.61 Å². The van der Waals surface area contributed by atoms with E-state index in [4.69, 9.17) is 20.9 Å². The fourth-order valence-electron chi connectivity index (χ4n) is 2.69. The summed E-state index contributed by atoms with van der Waals surface area (Å²) in [6.07, 6.45) is 0. The van der Waals surface area contributed by atoms with E-state index in [1.165, 1.54) is 17.0 Å². The topological polar surface area (TPSA) is 68.5 Å². The lowest BCUT2D eigenvalue weighted by molar-refractivity contribution is -0.121. The number of rotatable bonds is 3. The summed E-state index contributed by atoms with van der Waals surface area (Å²) in [5, 5.41) is 3.87. The van der Waals surface area contributed by atoms with Gasteiger partial charge in [-0.25, -0.2) is 4.39 Å². The van der Waals surface area contributed by atoms with Crippen molar-refractivity contribution in [3.05, 3.63) is 58.7 Å². The van der Waals surface area contributed by atoms with E-state index in [1.807, 2.05) is 25.1 Å². The van der Waals surface area contributed by atoms with E-state index in [-0.39, 0.29) is 35.8 Å². The zero-order valence-corrected chi connectivity index (χ0v) is 14.5. The van der Waals surface area contributed by atoms with Crippen LogP contribution in [0.1, 0.15) is 11.5 Å². The van der Waals surface area contributed by atoms with Crippen LogP contribution in [0.2, 0.25) is 5.02 Å². The number of aromatic nitrogens is 2. The third-order valence-electron chi connectivity index (χ3n) is 4.00. The molecule has 8 heteroatoms. The maximum absolute atomic E-state index is 13.6. The van der Waals surface area contributed by atoms with Crippen LogP contribution in [0.25, 0.3) is 11.4 Å². The Hall–Kier alpha value is -2.93. The molecular weight excluding hydrogens is 361 g/mol. The average molecular weight is 374 g/mol. The fraction of sp³-hybridized carbons (Fsp3) is 0.167. The Kier molecular flexibility index (Phi) is 4.08. The van der Waals surface area contributed by atoms with E-state index in [1.54, 1.807) is 6.07 Å². The van der Waals surface area contributed by atoms with E-state index < -0.39 is 5.82 Å². The van der Waals surface area contributed by atoms with Crippen LogP contribution in [-0.2, 0) is 11.3 Å². The zero-order valence-electron chi connectivity index (χ0n) is 13.7. The molecule has 0 bridgehead atoms. The van der Waals surface area contributed by atoms with Gasteiger partial charge in [0.1, 0.15) is 18.1 Å². The quantitative estimate of drug-likeness (QED) is 0.699. The van der Waals surface area contributed by atoms with Crippen LogP contribution in [0.4, 0.5) is 10.1 Å². The van der Waals surface area contributed by atoms with E-state index in [0.717, 1.165) is 5.56 Å². The third-order valence-corrected chi connectivity index (χ3v) is 4.30. The number of benzene rings is 2. The van der Waals surface area contributed by atoms with Crippen molar-refractivity contribution in [3.8, 4) is 17.1 Å². The van der Waals surface area contributed by atoms with Crippen LogP contribution in [0.3, 0.4) is 0 Å². The molecule has 0 spiro atoms. The van der Waals surface area contributed by atoms with Gasteiger partial charge in [0.2, 0.25) is 11.7 Å². The van der Waals surface area contributed by atoms with Crippen LogP contribution in [-0.4, -0.2) is 22.7 Å². The summed E-state index contributed by atoms with van der Waals surface area (Å²) in [5.74, 6) is 0.303. The third kappa shape index (κ3) is 3.01. The molecule has 0 unspecified atom stereocenters. The lowest BCUT2D eigenvalue weighted by Gasteiger charge is -2.28. The highest BCUT2D eigenvalue weighted by atomic mass is 35.5. The Morgan fingerprint density at radius 1 is 1.27 bits per heavy atom. The largest absolute Gasteiger partial charge is 0.482 e. The molecule has 2 aromatic carbocycles. The number of carbonyl (C=O) groups is 1. The summed E-state index contributed by atoms with van der Waals surface area (Å²) >= 11 is 5.68. The van der Waals surface area contributed by atoms with Crippen LogP contribution in [0, 0.1) is 12.7 Å². The summed E-state index contributed by atoms with van der Waals surface area (Å²) in [5.41, 5.74) is 2.08. The molecule has 0 aliphatic carbocycles. The van der Waals surface area contributed by atoms with Crippen molar-refractivity contribution in [1.82, 2.24) is 10.1 Å². The van der Waals surface area contributed by atoms with Gasteiger partial charge in [0.25, 0.3) is 5.91 Å². The molecule has 0 atom stereocenters. The molecule has 26 heavy (non-hydrogen) atoms. The number of aryl methyl sites for hydroxylation is 1. The maximum Gasteiger partial charge on any atom is 0.265 e. The van der Waals surface area contributed by atoms with E-state index in [2.05, 4.69) is 10.1 Å². The van der Waals surface area contributed by atoms with Gasteiger partial charge in [0, 0.05) is 5.56 Å². The zero-order chi connectivity index (χ0) is 18.3. The molecule has 1 aromatic heterocycles. The molecule has 0 N–H and O–H groups in total.